The molecule has 0 radical (unpaired) electrons. The molecule has 0 saturated heterocycles. The molecule has 0 saturated carbocycles. The van der Waals surface area contributed by atoms with Crippen LogP contribution in [0, 0.1) is 18.6 Å². The number of benzene rings is 2. The highest BCUT2D eigenvalue weighted by Gasteiger charge is 2.12. The van der Waals surface area contributed by atoms with Gasteiger partial charge in [0.1, 0.15) is 0 Å². The third-order valence-electron chi connectivity index (χ3n) is 3.75. The quantitative estimate of drug-likeness (QED) is 0.798. The Morgan fingerprint density at radius 3 is 2.39 bits per heavy atom. The Bertz CT molecular complexity index is 826. The molecule has 1 N–H and O–H groups in total. The Hall–Kier alpha value is -2.53. The van der Waals surface area contributed by atoms with Crippen LogP contribution in [-0.2, 0) is 13.2 Å². The highest BCUT2D eigenvalue weighted by atomic mass is 19.2. The molecule has 0 aliphatic carbocycles. The summed E-state index contributed by atoms with van der Waals surface area (Å²) in [4.78, 5) is 0. The number of aromatic nitrogens is 2. The summed E-state index contributed by atoms with van der Waals surface area (Å²) in [5.74, 6) is -1.63. The van der Waals surface area contributed by atoms with Crippen molar-refractivity contribution in [1.82, 2.24) is 9.78 Å². The van der Waals surface area contributed by atoms with Gasteiger partial charge < -0.3 is 5.11 Å². The summed E-state index contributed by atoms with van der Waals surface area (Å²) in [6.45, 7) is 2.04. The van der Waals surface area contributed by atoms with E-state index >= 15 is 0 Å². The predicted octanol–water partition coefficient (Wildman–Crippen LogP) is 3.68. The number of rotatable bonds is 4. The molecule has 0 unspecified atom stereocenters. The van der Waals surface area contributed by atoms with Crippen molar-refractivity contribution in [2.75, 3.05) is 0 Å². The van der Waals surface area contributed by atoms with Crippen LogP contribution in [0.1, 0.15) is 16.7 Å². The van der Waals surface area contributed by atoms with Crippen LogP contribution in [0.25, 0.3) is 11.1 Å². The van der Waals surface area contributed by atoms with Crippen LogP contribution < -0.4 is 0 Å². The molecule has 0 spiro atoms. The average Bonchev–Trinajstić information content (AvgIpc) is 3.01. The van der Waals surface area contributed by atoms with E-state index < -0.39 is 11.6 Å². The largest absolute Gasteiger partial charge is 0.392 e. The van der Waals surface area contributed by atoms with Gasteiger partial charge in [-0.1, -0.05) is 36.4 Å². The molecule has 0 bridgehead atoms. The topological polar surface area (TPSA) is 38.0 Å². The summed E-state index contributed by atoms with van der Waals surface area (Å²) in [5, 5.41) is 13.2. The number of aryl methyl sites for hydroxylation is 1. The van der Waals surface area contributed by atoms with Gasteiger partial charge in [-0.05, 0) is 23.6 Å². The summed E-state index contributed by atoms with van der Waals surface area (Å²) in [7, 11) is 0. The van der Waals surface area contributed by atoms with Gasteiger partial charge in [0.25, 0.3) is 0 Å². The second kappa shape index (κ2) is 6.30. The Kier molecular flexibility index (Phi) is 4.21. The summed E-state index contributed by atoms with van der Waals surface area (Å²) < 4.78 is 29.4. The second-order valence-electron chi connectivity index (χ2n) is 5.46. The van der Waals surface area contributed by atoms with E-state index in [9.17, 15) is 8.78 Å². The lowest BCUT2D eigenvalue weighted by molar-refractivity contribution is 0.281. The Labute approximate surface area is 132 Å². The fraction of sp³-hybridized carbons (Fsp3) is 0.167. The Morgan fingerprint density at radius 2 is 1.74 bits per heavy atom. The number of hydrogen-bond acceptors (Lipinski definition) is 2. The van der Waals surface area contributed by atoms with Crippen LogP contribution in [0.5, 0.6) is 0 Å². The summed E-state index contributed by atoms with van der Waals surface area (Å²) in [5.41, 5.74) is 2.90. The first kappa shape index (κ1) is 15.4. The van der Waals surface area contributed by atoms with Gasteiger partial charge in [0.15, 0.2) is 11.6 Å². The van der Waals surface area contributed by atoms with Crippen LogP contribution in [0.2, 0.25) is 0 Å². The molecule has 5 heteroatoms. The predicted molar refractivity (Wildman–Crippen MR) is 83.8 cm³/mol. The number of aliphatic hydroxyl groups excluding tert-OH is 1. The fourth-order valence-corrected chi connectivity index (χ4v) is 2.42. The number of nitrogens with zero attached hydrogens (tertiary/aromatic N) is 2. The van der Waals surface area contributed by atoms with Crippen molar-refractivity contribution in [1.29, 1.82) is 0 Å². The van der Waals surface area contributed by atoms with Crippen molar-refractivity contribution < 1.29 is 13.9 Å². The fourth-order valence-electron chi connectivity index (χ4n) is 2.42. The molecule has 23 heavy (non-hydrogen) atoms. The molecule has 118 valence electrons. The van der Waals surface area contributed by atoms with Crippen LogP contribution in [0.4, 0.5) is 8.78 Å². The van der Waals surface area contributed by atoms with Crippen LogP contribution in [-0.4, -0.2) is 14.9 Å². The number of halogens is 2. The van der Waals surface area contributed by atoms with Gasteiger partial charge in [-0.3, -0.25) is 4.68 Å². The zero-order valence-corrected chi connectivity index (χ0v) is 12.6. The molecular weight excluding hydrogens is 298 g/mol. The highest BCUT2D eigenvalue weighted by Crippen LogP contribution is 2.26. The average molecular weight is 314 g/mol. The monoisotopic (exact) mass is 314 g/mol. The first-order valence-corrected chi connectivity index (χ1v) is 7.24. The number of hydrogen-bond donors (Lipinski definition) is 1. The van der Waals surface area contributed by atoms with Crippen molar-refractivity contribution in [2.24, 2.45) is 0 Å². The van der Waals surface area contributed by atoms with E-state index in [1.807, 2.05) is 12.1 Å². The first-order chi connectivity index (χ1) is 11.1. The van der Waals surface area contributed by atoms with Gasteiger partial charge in [0, 0.05) is 17.3 Å². The summed E-state index contributed by atoms with van der Waals surface area (Å²) >= 11 is 0. The van der Waals surface area contributed by atoms with Crippen LogP contribution in [0.3, 0.4) is 0 Å². The summed E-state index contributed by atoms with van der Waals surface area (Å²) in [6.07, 6.45) is 3.38. The van der Waals surface area contributed by atoms with Gasteiger partial charge in [-0.2, -0.15) is 5.10 Å². The molecule has 3 rings (SSSR count). The molecule has 3 nitrogen and oxygen atoms in total. The minimum atomic E-state index is -0.822. The van der Waals surface area contributed by atoms with Gasteiger partial charge >= 0.3 is 0 Å². The molecule has 1 aromatic heterocycles. The molecule has 0 aliphatic rings. The van der Waals surface area contributed by atoms with E-state index in [1.165, 1.54) is 6.92 Å². The van der Waals surface area contributed by atoms with Gasteiger partial charge in [-0.25, -0.2) is 8.78 Å². The first-order valence-electron chi connectivity index (χ1n) is 7.24. The minimum Gasteiger partial charge on any atom is -0.392 e. The van der Waals surface area contributed by atoms with E-state index in [0.717, 1.165) is 11.1 Å². The zero-order valence-electron chi connectivity index (χ0n) is 12.6. The molecule has 0 aliphatic heterocycles. The number of aliphatic hydroxyl groups is 1. The van der Waals surface area contributed by atoms with Crippen LogP contribution in [0.15, 0.2) is 48.8 Å². The molecule has 0 amide bonds. The lowest BCUT2D eigenvalue weighted by Gasteiger charge is -2.08. The lowest BCUT2D eigenvalue weighted by Crippen LogP contribution is -2.00. The molecule has 3 aromatic rings. The van der Waals surface area contributed by atoms with E-state index in [2.05, 4.69) is 5.10 Å². The van der Waals surface area contributed by atoms with Crippen molar-refractivity contribution in [2.45, 2.75) is 20.1 Å². The van der Waals surface area contributed by atoms with Crippen molar-refractivity contribution >= 4 is 0 Å². The minimum absolute atomic E-state index is 0.0444. The Balaban J connectivity index is 1.83. The normalized spacial score (nSPS) is 11.0. The van der Waals surface area contributed by atoms with Crippen molar-refractivity contribution in [3.8, 4) is 11.1 Å². The maximum absolute atomic E-state index is 14.0. The third-order valence-corrected chi connectivity index (χ3v) is 3.75. The molecule has 2 aromatic carbocycles. The van der Waals surface area contributed by atoms with Gasteiger partial charge in [0.2, 0.25) is 0 Å². The van der Waals surface area contributed by atoms with Crippen LogP contribution >= 0.6 is 0 Å². The summed E-state index contributed by atoms with van der Waals surface area (Å²) in [6, 6.07) is 10.4. The van der Waals surface area contributed by atoms with E-state index in [1.54, 1.807) is 41.3 Å². The smallest absolute Gasteiger partial charge is 0.166 e. The second-order valence-corrected chi connectivity index (χ2v) is 5.46. The van der Waals surface area contributed by atoms with Gasteiger partial charge in [-0.15, -0.1) is 0 Å². The maximum atomic E-state index is 14.0. The maximum Gasteiger partial charge on any atom is 0.166 e. The Morgan fingerprint density at radius 1 is 1.00 bits per heavy atom. The van der Waals surface area contributed by atoms with E-state index in [0.29, 0.717) is 17.7 Å². The lowest BCUT2D eigenvalue weighted by atomic mass is 10.0. The van der Waals surface area contributed by atoms with E-state index in [4.69, 9.17) is 5.11 Å². The van der Waals surface area contributed by atoms with Crippen molar-refractivity contribution in [3.63, 3.8) is 0 Å². The SMILES string of the molecule is Cc1ccc(-c2ccc(Cn3cc(CO)cn3)cc2)c(F)c1F. The van der Waals surface area contributed by atoms with Crippen molar-refractivity contribution in [3.05, 3.63) is 77.1 Å². The molecule has 1 heterocycles. The van der Waals surface area contributed by atoms with E-state index in [-0.39, 0.29) is 12.2 Å². The molecule has 0 fully saturated rings. The highest BCUT2D eigenvalue weighted by molar-refractivity contribution is 5.65. The molecular formula is C18H16F2N2O. The molecule has 0 atom stereocenters. The zero-order chi connectivity index (χ0) is 16.4. The third kappa shape index (κ3) is 3.14. The standard InChI is InChI=1S/C18H16F2N2O/c1-12-2-7-16(18(20)17(12)19)15-5-3-13(4-6-15)9-22-10-14(11-23)8-21-22/h2-8,10,23H,9,11H2,1H3. The van der Waals surface area contributed by atoms with Gasteiger partial charge in [0.05, 0.1) is 19.3 Å².